The average molecular weight is 474 g/mol. The molecule has 0 bridgehead atoms. The maximum Gasteiger partial charge on any atom is 0.408 e. The van der Waals surface area contributed by atoms with Crippen LogP contribution >= 0.6 is 11.3 Å². The van der Waals surface area contributed by atoms with E-state index in [4.69, 9.17) is 9.47 Å². The molecule has 2 aromatic rings. The quantitative estimate of drug-likeness (QED) is 0.573. The normalized spacial score (nSPS) is 16.3. The van der Waals surface area contributed by atoms with Crippen molar-refractivity contribution >= 4 is 23.4 Å². The predicted octanol–water partition coefficient (Wildman–Crippen LogP) is 4.96. The van der Waals surface area contributed by atoms with Crippen molar-refractivity contribution in [1.82, 2.24) is 15.2 Å². The summed E-state index contributed by atoms with van der Waals surface area (Å²) in [6.07, 6.45) is 1.10. The number of amides is 1. The summed E-state index contributed by atoms with van der Waals surface area (Å²) in [5.41, 5.74) is 4.43. The molecule has 2 heterocycles. The van der Waals surface area contributed by atoms with Crippen LogP contribution in [0.25, 0.3) is 10.4 Å². The topological polar surface area (TPSA) is 80.8 Å². The number of rotatable bonds is 7. The van der Waals surface area contributed by atoms with Crippen LogP contribution in [0.15, 0.2) is 29.8 Å². The smallest absolute Gasteiger partial charge is 0.408 e. The van der Waals surface area contributed by atoms with Crippen molar-refractivity contribution in [2.45, 2.75) is 59.1 Å². The number of hydrogen-bond donors (Lipinski definition) is 1. The van der Waals surface area contributed by atoms with Gasteiger partial charge < -0.3 is 19.7 Å². The highest BCUT2D eigenvalue weighted by Gasteiger charge is 2.28. The number of alkyl carbamates (subject to hydrolysis) is 1. The van der Waals surface area contributed by atoms with E-state index in [-0.39, 0.29) is 17.9 Å². The Kier molecular flexibility index (Phi) is 8.48. The summed E-state index contributed by atoms with van der Waals surface area (Å²) >= 11 is 1.62. The molecule has 8 heteroatoms. The lowest BCUT2D eigenvalue weighted by Crippen LogP contribution is -2.44. The van der Waals surface area contributed by atoms with E-state index in [2.05, 4.69) is 39.5 Å². The molecule has 1 aliphatic heterocycles. The number of benzene rings is 1. The number of nitrogens with one attached hydrogen (secondary N) is 1. The van der Waals surface area contributed by atoms with Gasteiger partial charge >= 0.3 is 12.1 Å². The molecule has 0 unspecified atom stereocenters. The molecule has 1 aliphatic rings. The lowest BCUT2D eigenvalue weighted by Gasteiger charge is -2.34. The van der Waals surface area contributed by atoms with Crippen molar-refractivity contribution in [3.05, 3.63) is 41.0 Å². The van der Waals surface area contributed by atoms with Gasteiger partial charge in [-0.1, -0.05) is 24.3 Å². The Hall–Kier alpha value is -2.45. The second kappa shape index (κ2) is 11.1. The Bertz CT molecular complexity index is 928. The van der Waals surface area contributed by atoms with Crippen molar-refractivity contribution in [1.29, 1.82) is 0 Å². The molecule has 1 fully saturated rings. The molecule has 3 rings (SSSR count). The fourth-order valence-corrected chi connectivity index (χ4v) is 4.81. The van der Waals surface area contributed by atoms with E-state index in [0.29, 0.717) is 13.2 Å². The largest absolute Gasteiger partial charge is 0.466 e. The number of ether oxygens (including phenoxy) is 2. The van der Waals surface area contributed by atoms with E-state index in [1.165, 1.54) is 0 Å². The van der Waals surface area contributed by atoms with Gasteiger partial charge in [-0.2, -0.15) is 0 Å². The first-order valence-corrected chi connectivity index (χ1v) is 12.4. The molecule has 0 spiro atoms. The van der Waals surface area contributed by atoms with Crippen LogP contribution in [0.3, 0.4) is 0 Å². The molecular weight excluding hydrogens is 438 g/mol. The summed E-state index contributed by atoms with van der Waals surface area (Å²) in [5.74, 6) is -0.144. The molecule has 1 aromatic heterocycles. The summed E-state index contributed by atoms with van der Waals surface area (Å²) in [4.78, 5) is 32.4. The van der Waals surface area contributed by atoms with E-state index in [1.54, 1.807) is 11.3 Å². The van der Waals surface area contributed by atoms with Crippen LogP contribution in [0.2, 0.25) is 0 Å². The zero-order valence-electron chi connectivity index (χ0n) is 20.2. The Labute approximate surface area is 200 Å². The van der Waals surface area contributed by atoms with Gasteiger partial charge in [0.2, 0.25) is 0 Å². The SMILES string of the molecule is CCOC(=O)C1CCN(C[C@H](NC(=O)OC(C)(C)C)c2ccc(-c3scnc3C)cc2)CC1. The van der Waals surface area contributed by atoms with E-state index in [9.17, 15) is 9.59 Å². The molecule has 1 saturated heterocycles. The Balaban J connectivity index is 1.71. The van der Waals surface area contributed by atoms with Gasteiger partial charge in [0.1, 0.15) is 5.60 Å². The molecule has 1 atom stereocenters. The molecule has 180 valence electrons. The molecule has 0 saturated carbocycles. The Morgan fingerprint density at radius 2 is 1.88 bits per heavy atom. The summed E-state index contributed by atoms with van der Waals surface area (Å²) in [7, 11) is 0. The van der Waals surface area contributed by atoms with Gasteiger partial charge in [-0.3, -0.25) is 4.79 Å². The highest BCUT2D eigenvalue weighted by molar-refractivity contribution is 7.13. The molecule has 0 radical (unpaired) electrons. The number of hydrogen-bond acceptors (Lipinski definition) is 7. The van der Waals surface area contributed by atoms with Crippen molar-refractivity contribution in [2.75, 3.05) is 26.2 Å². The van der Waals surface area contributed by atoms with Gasteiger partial charge in [0.15, 0.2) is 0 Å². The standard InChI is InChI=1S/C25H35N3O4S/c1-6-31-23(29)20-11-13-28(14-12-20)15-21(27-24(30)32-25(3,4)5)18-7-9-19(10-8-18)22-17(2)26-16-33-22/h7-10,16,20-21H,6,11-15H2,1-5H3,(H,27,30)/t21-/m0/s1. The summed E-state index contributed by atoms with van der Waals surface area (Å²) in [6, 6.07) is 8.04. The molecule has 33 heavy (non-hydrogen) atoms. The van der Waals surface area contributed by atoms with Gasteiger partial charge in [0.05, 0.1) is 34.6 Å². The van der Waals surface area contributed by atoms with Gasteiger partial charge in [0.25, 0.3) is 0 Å². The zero-order chi connectivity index (χ0) is 24.0. The third-order valence-electron chi connectivity index (χ3n) is 5.66. The second-order valence-corrected chi connectivity index (χ2v) is 10.3. The van der Waals surface area contributed by atoms with Gasteiger partial charge in [-0.05, 0) is 71.7 Å². The minimum Gasteiger partial charge on any atom is -0.466 e. The minimum atomic E-state index is -0.569. The number of aromatic nitrogens is 1. The van der Waals surface area contributed by atoms with Crippen LogP contribution in [-0.4, -0.2) is 53.8 Å². The Morgan fingerprint density at radius 1 is 1.21 bits per heavy atom. The molecule has 1 N–H and O–H groups in total. The number of likely N-dealkylation sites (tertiary alicyclic amines) is 1. The van der Waals surface area contributed by atoms with Crippen LogP contribution in [0, 0.1) is 12.8 Å². The average Bonchev–Trinajstić information content (AvgIpc) is 3.18. The maximum absolute atomic E-state index is 12.6. The van der Waals surface area contributed by atoms with Crippen LogP contribution in [0.4, 0.5) is 4.79 Å². The number of carbonyl (C=O) groups excluding carboxylic acids is 2. The third-order valence-corrected chi connectivity index (χ3v) is 6.64. The van der Waals surface area contributed by atoms with Crippen LogP contribution in [-0.2, 0) is 14.3 Å². The first-order valence-electron chi connectivity index (χ1n) is 11.5. The van der Waals surface area contributed by atoms with Crippen molar-refractivity contribution < 1.29 is 19.1 Å². The number of esters is 1. The van der Waals surface area contributed by atoms with E-state index in [0.717, 1.165) is 47.6 Å². The van der Waals surface area contributed by atoms with E-state index >= 15 is 0 Å². The molecule has 1 amide bonds. The lowest BCUT2D eigenvalue weighted by molar-refractivity contribution is -0.149. The van der Waals surface area contributed by atoms with Gasteiger partial charge in [-0.25, -0.2) is 9.78 Å². The van der Waals surface area contributed by atoms with Gasteiger partial charge in [0, 0.05) is 6.54 Å². The summed E-state index contributed by atoms with van der Waals surface area (Å²) in [6.45, 7) is 12.0. The van der Waals surface area contributed by atoms with Crippen molar-refractivity contribution in [3.8, 4) is 10.4 Å². The number of piperidine rings is 1. The Morgan fingerprint density at radius 3 is 2.42 bits per heavy atom. The number of thiazole rings is 1. The molecule has 7 nitrogen and oxygen atoms in total. The third kappa shape index (κ3) is 7.27. The van der Waals surface area contributed by atoms with Crippen molar-refractivity contribution in [2.24, 2.45) is 5.92 Å². The fourth-order valence-electron chi connectivity index (χ4n) is 4.00. The first-order chi connectivity index (χ1) is 15.7. The minimum absolute atomic E-state index is 0.0413. The highest BCUT2D eigenvalue weighted by atomic mass is 32.1. The number of aryl methyl sites for hydroxylation is 1. The second-order valence-electron chi connectivity index (χ2n) is 9.41. The molecule has 0 aliphatic carbocycles. The predicted molar refractivity (Wildman–Crippen MR) is 130 cm³/mol. The van der Waals surface area contributed by atoms with E-state index < -0.39 is 11.7 Å². The fraction of sp³-hybridized carbons (Fsp3) is 0.560. The van der Waals surface area contributed by atoms with Crippen LogP contribution < -0.4 is 5.32 Å². The zero-order valence-corrected chi connectivity index (χ0v) is 21.0. The molecule has 1 aromatic carbocycles. The van der Waals surface area contributed by atoms with Crippen LogP contribution in [0.1, 0.15) is 57.8 Å². The highest BCUT2D eigenvalue weighted by Crippen LogP contribution is 2.29. The first kappa shape index (κ1) is 25.2. The maximum atomic E-state index is 12.6. The van der Waals surface area contributed by atoms with Crippen LogP contribution in [0.5, 0.6) is 0 Å². The van der Waals surface area contributed by atoms with Crippen molar-refractivity contribution in [3.63, 3.8) is 0 Å². The summed E-state index contributed by atoms with van der Waals surface area (Å²) < 4.78 is 10.7. The summed E-state index contributed by atoms with van der Waals surface area (Å²) in [5, 5.41) is 3.05. The monoisotopic (exact) mass is 473 g/mol. The lowest BCUT2D eigenvalue weighted by atomic mass is 9.96. The van der Waals surface area contributed by atoms with Gasteiger partial charge in [-0.15, -0.1) is 11.3 Å². The number of carbonyl (C=O) groups is 2. The number of nitrogens with zero attached hydrogens (tertiary/aromatic N) is 2. The van der Waals surface area contributed by atoms with E-state index in [1.807, 2.05) is 40.1 Å². The molecular formula is C25H35N3O4S.